The van der Waals surface area contributed by atoms with E-state index < -0.39 is 11.7 Å². The summed E-state index contributed by atoms with van der Waals surface area (Å²) in [5.41, 5.74) is 1.42. The van der Waals surface area contributed by atoms with Gasteiger partial charge in [0.1, 0.15) is 29.8 Å². The van der Waals surface area contributed by atoms with Crippen molar-refractivity contribution in [1.29, 1.82) is 5.26 Å². The number of amides is 1. The summed E-state index contributed by atoms with van der Waals surface area (Å²) in [6.07, 6.45) is 1.48. The third kappa shape index (κ3) is 5.28. The second-order valence-corrected chi connectivity index (χ2v) is 8.13. The maximum absolute atomic E-state index is 14.0. The molecule has 0 aliphatic rings. The zero-order chi connectivity index (χ0) is 23.2. The van der Waals surface area contributed by atoms with Crippen molar-refractivity contribution in [3.05, 3.63) is 112 Å². The molecule has 4 aromatic carbocycles. The number of para-hydroxylation sites is 1. The normalized spacial score (nSPS) is 11.1. The molecule has 0 aliphatic heterocycles. The Morgan fingerprint density at radius 2 is 1.73 bits per heavy atom. The molecule has 4 aromatic rings. The second kappa shape index (κ2) is 10.1. The van der Waals surface area contributed by atoms with Gasteiger partial charge in [-0.3, -0.25) is 4.79 Å². The van der Waals surface area contributed by atoms with E-state index in [1.54, 1.807) is 6.07 Å². The molecule has 162 valence electrons. The van der Waals surface area contributed by atoms with Gasteiger partial charge in [-0.25, -0.2) is 4.39 Å². The van der Waals surface area contributed by atoms with E-state index in [1.165, 1.54) is 24.3 Å². The van der Waals surface area contributed by atoms with Crippen LogP contribution in [0.15, 0.2) is 95.0 Å². The highest BCUT2D eigenvalue weighted by Gasteiger charge is 2.15. The van der Waals surface area contributed by atoms with Gasteiger partial charge >= 0.3 is 0 Å². The Morgan fingerprint density at radius 3 is 2.48 bits per heavy atom. The fourth-order valence-corrected chi connectivity index (χ4v) is 3.60. The van der Waals surface area contributed by atoms with Gasteiger partial charge in [-0.15, -0.1) is 0 Å². The van der Waals surface area contributed by atoms with Crippen LogP contribution in [0.3, 0.4) is 0 Å². The zero-order valence-electron chi connectivity index (χ0n) is 17.4. The number of carbonyl (C=O) groups is 1. The molecule has 0 aromatic heterocycles. The van der Waals surface area contributed by atoms with Gasteiger partial charge in [0.15, 0.2) is 0 Å². The number of ether oxygens (including phenoxy) is 1. The van der Waals surface area contributed by atoms with Crippen molar-refractivity contribution in [2.75, 3.05) is 5.32 Å². The molecule has 1 amide bonds. The van der Waals surface area contributed by atoms with Crippen LogP contribution >= 0.6 is 15.9 Å². The highest BCUT2D eigenvalue weighted by atomic mass is 79.9. The Bertz CT molecular complexity index is 1390. The van der Waals surface area contributed by atoms with Gasteiger partial charge in [-0.05, 0) is 52.7 Å². The number of hydrogen-bond donors (Lipinski definition) is 1. The SMILES string of the molecule is N#C/C(=C\c1c(OCc2ccc(Br)cc2)ccc2ccccc12)C(=O)Nc1ccccc1F. The van der Waals surface area contributed by atoms with Gasteiger partial charge in [0.2, 0.25) is 0 Å². The highest BCUT2D eigenvalue weighted by Crippen LogP contribution is 2.31. The third-order valence-electron chi connectivity index (χ3n) is 5.01. The Morgan fingerprint density at radius 1 is 1.00 bits per heavy atom. The molecule has 0 saturated carbocycles. The molecule has 33 heavy (non-hydrogen) atoms. The van der Waals surface area contributed by atoms with E-state index in [0.29, 0.717) is 17.9 Å². The molecule has 4 rings (SSSR count). The Kier molecular flexibility index (Phi) is 6.82. The van der Waals surface area contributed by atoms with Crippen LogP contribution in [0.4, 0.5) is 10.1 Å². The van der Waals surface area contributed by atoms with E-state index in [4.69, 9.17) is 4.74 Å². The molecule has 4 nitrogen and oxygen atoms in total. The standard InChI is InChI=1S/C27H18BrFN2O2/c28-21-12-9-18(10-13-21)17-33-26-14-11-19-5-1-2-6-22(19)23(26)15-20(16-30)27(32)31-25-8-4-3-7-24(25)29/h1-15H,17H2,(H,31,32)/b20-15+. The van der Waals surface area contributed by atoms with Crippen LogP contribution in [0.1, 0.15) is 11.1 Å². The van der Waals surface area contributed by atoms with E-state index in [9.17, 15) is 14.4 Å². The first kappa shape index (κ1) is 22.3. The van der Waals surface area contributed by atoms with E-state index >= 15 is 0 Å². The number of nitrogens with zero attached hydrogens (tertiary/aromatic N) is 1. The number of carbonyl (C=O) groups excluding carboxylic acids is 1. The van der Waals surface area contributed by atoms with Gasteiger partial charge in [0.05, 0.1) is 5.69 Å². The zero-order valence-corrected chi connectivity index (χ0v) is 19.0. The molecule has 0 heterocycles. The average molecular weight is 501 g/mol. The minimum atomic E-state index is -0.700. The van der Waals surface area contributed by atoms with Gasteiger partial charge in [-0.2, -0.15) is 5.26 Å². The molecule has 6 heteroatoms. The van der Waals surface area contributed by atoms with Crippen LogP contribution in [-0.4, -0.2) is 5.91 Å². The number of fused-ring (bicyclic) bond motifs is 1. The van der Waals surface area contributed by atoms with Gasteiger partial charge < -0.3 is 10.1 Å². The van der Waals surface area contributed by atoms with Crippen molar-refractivity contribution >= 4 is 44.4 Å². The lowest BCUT2D eigenvalue weighted by molar-refractivity contribution is -0.112. The molecule has 0 radical (unpaired) electrons. The summed E-state index contributed by atoms with van der Waals surface area (Å²) in [6.45, 7) is 0.315. The Hall–Kier alpha value is -3.95. The molecule has 0 aliphatic carbocycles. The predicted octanol–water partition coefficient (Wildman–Crippen LogP) is 6.87. The van der Waals surface area contributed by atoms with E-state index in [-0.39, 0.29) is 11.3 Å². The summed E-state index contributed by atoms with van der Waals surface area (Å²) in [7, 11) is 0. The molecule has 0 atom stereocenters. The number of benzene rings is 4. The molecule has 0 fully saturated rings. The maximum Gasteiger partial charge on any atom is 0.266 e. The average Bonchev–Trinajstić information content (AvgIpc) is 2.84. The minimum Gasteiger partial charge on any atom is -0.488 e. The summed E-state index contributed by atoms with van der Waals surface area (Å²) < 4.78 is 21.0. The van der Waals surface area contributed by atoms with Crippen molar-refractivity contribution in [1.82, 2.24) is 0 Å². The Balaban J connectivity index is 1.70. The van der Waals surface area contributed by atoms with Gasteiger partial charge in [0, 0.05) is 10.0 Å². The van der Waals surface area contributed by atoms with Gasteiger partial charge in [-0.1, -0.05) is 70.5 Å². The molecule has 0 unspecified atom stereocenters. The van der Waals surface area contributed by atoms with Crippen molar-refractivity contribution in [3.8, 4) is 11.8 Å². The summed E-state index contributed by atoms with van der Waals surface area (Å²) in [4.78, 5) is 12.7. The fraction of sp³-hybridized carbons (Fsp3) is 0.0370. The number of nitrogens with one attached hydrogen (secondary N) is 1. The summed E-state index contributed by atoms with van der Waals surface area (Å²) in [6, 6.07) is 26.9. The molecule has 0 bridgehead atoms. The summed E-state index contributed by atoms with van der Waals surface area (Å²) >= 11 is 3.42. The third-order valence-corrected chi connectivity index (χ3v) is 5.54. The smallest absolute Gasteiger partial charge is 0.266 e. The molecule has 0 spiro atoms. The lowest BCUT2D eigenvalue weighted by atomic mass is 10.0. The first-order chi connectivity index (χ1) is 16.0. The largest absolute Gasteiger partial charge is 0.488 e. The number of anilines is 1. The number of hydrogen-bond acceptors (Lipinski definition) is 3. The van der Waals surface area contributed by atoms with Crippen LogP contribution in [0, 0.1) is 17.1 Å². The van der Waals surface area contributed by atoms with Crippen molar-refractivity contribution in [3.63, 3.8) is 0 Å². The molecular weight excluding hydrogens is 483 g/mol. The molecule has 1 N–H and O–H groups in total. The van der Waals surface area contributed by atoms with E-state index in [1.807, 2.05) is 66.7 Å². The van der Waals surface area contributed by atoms with Crippen LogP contribution in [0.25, 0.3) is 16.8 Å². The van der Waals surface area contributed by atoms with Gasteiger partial charge in [0.25, 0.3) is 5.91 Å². The topological polar surface area (TPSA) is 62.1 Å². The van der Waals surface area contributed by atoms with Crippen LogP contribution in [0.2, 0.25) is 0 Å². The predicted molar refractivity (Wildman–Crippen MR) is 131 cm³/mol. The van der Waals surface area contributed by atoms with E-state index in [2.05, 4.69) is 21.2 Å². The van der Waals surface area contributed by atoms with Crippen molar-refractivity contribution in [2.24, 2.45) is 0 Å². The fourth-order valence-electron chi connectivity index (χ4n) is 3.34. The molecular formula is C27H18BrFN2O2. The van der Waals surface area contributed by atoms with E-state index in [0.717, 1.165) is 20.8 Å². The monoisotopic (exact) mass is 500 g/mol. The maximum atomic E-state index is 14.0. The molecule has 0 saturated heterocycles. The number of nitriles is 1. The highest BCUT2D eigenvalue weighted by molar-refractivity contribution is 9.10. The van der Waals surface area contributed by atoms with Crippen LogP contribution in [-0.2, 0) is 11.4 Å². The first-order valence-corrected chi connectivity index (χ1v) is 10.9. The Labute approximate surface area is 199 Å². The lowest BCUT2D eigenvalue weighted by Crippen LogP contribution is -2.14. The number of halogens is 2. The number of rotatable bonds is 6. The quantitative estimate of drug-likeness (QED) is 0.232. The summed E-state index contributed by atoms with van der Waals surface area (Å²) in [5, 5.41) is 13.9. The van der Waals surface area contributed by atoms with Crippen molar-refractivity contribution < 1.29 is 13.9 Å². The lowest BCUT2D eigenvalue weighted by Gasteiger charge is -2.13. The first-order valence-electron chi connectivity index (χ1n) is 10.1. The van der Waals surface area contributed by atoms with Crippen molar-refractivity contribution in [2.45, 2.75) is 6.61 Å². The van der Waals surface area contributed by atoms with Crippen LogP contribution in [0.5, 0.6) is 5.75 Å². The van der Waals surface area contributed by atoms with Crippen LogP contribution < -0.4 is 10.1 Å². The second-order valence-electron chi connectivity index (χ2n) is 7.22. The minimum absolute atomic E-state index is 0.00767. The summed E-state index contributed by atoms with van der Waals surface area (Å²) in [5.74, 6) is -0.746.